The van der Waals surface area contributed by atoms with Crippen molar-refractivity contribution in [2.45, 2.75) is 0 Å². The van der Waals surface area contributed by atoms with E-state index in [9.17, 15) is 9.59 Å². The second-order valence-electron chi connectivity index (χ2n) is 2.54. The predicted octanol–water partition coefficient (Wildman–Crippen LogP) is 1.13. The molecule has 4 nitrogen and oxygen atoms in total. The quantitative estimate of drug-likeness (QED) is 0.687. The Morgan fingerprint density at radius 3 is 1.43 bits per heavy atom. The fourth-order valence-electron chi connectivity index (χ4n) is 0.984. The van der Waals surface area contributed by atoms with Crippen molar-refractivity contribution in [3.05, 3.63) is 47.6 Å². The first-order chi connectivity index (χ1) is 6.63. The minimum Gasteiger partial charge on any atom is -0.478 e. The van der Waals surface area contributed by atoms with Crippen LogP contribution in [0.4, 0.5) is 0 Å². The van der Waals surface area contributed by atoms with Gasteiger partial charge in [-0.25, -0.2) is 9.59 Å². The molecule has 72 valence electrons. The Kier molecular flexibility index (Phi) is 3.01. The fourth-order valence-corrected chi connectivity index (χ4v) is 0.984. The molecule has 1 aliphatic carbocycles. The molecule has 1 aliphatic rings. The summed E-state index contributed by atoms with van der Waals surface area (Å²) >= 11 is 0. The van der Waals surface area contributed by atoms with E-state index >= 15 is 0 Å². The molecule has 0 saturated heterocycles. The van der Waals surface area contributed by atoms with Gasteiger partial charge in [0.25, 0.3) is 0 Å². The molecule has 0 radical (unpaired) electrons. The molecule has 1 rings (SSSR count). The lowest BCUT2D eigenvalue weighted by Gasteiger charge is -2.02. The Labute approximate surface area is 80.2 Å². The summed E-state index contributed by atoms with van der Waals surface area (Å²) in [5.74, 6) is -2.50. The Bertz CT molecular complexity index is 345. The summed E-state index contributed by atoms with van der Waals surface area (Å²) in [6.45, 7) is 0. The summed E-state index contributed by atoms with van der Waals surface area (Å²) < 4.78 is 0. The molecule has 0 spiro atoms. The van der Waals surface area contributed by atoms with Crippen LogP contribution in [0.25, 0.3) is 0 Å². The molecule has 14 heavy (non-hydrogen) atoms. The van der Waals surface area contributed by atoms with Crippen molar-refractivity contribution in [3.63, 3.8) is 0 Å². The van der Waals surface area contributed by atoms with Gasteiger partial charge in [0, 0.05) is 0 Å². The number of carboxylic acid groups (broad SMARTS) is 2. The van der Waals surface area contributed by atoms with Crippen LogP contribution in [0.5, 0.6) is 0 Å². The number of rotatable bonds is 2. The van der Waals surface area contributed by atoms with Gasteiger partial charge in [-0.15, -0.1) is 0 Å². The van der Waals surface area contributed by atoms with Crippen LogP contribution in [-0.4, -0.2) is 22.2 Å². The maximum Gasteiger partial charge on any atom is 0.336 e. The van der Waals surface area contributed by atoms with Gasteiger partial charge in [-0.1, -0.05) is 24.3 Å². The number of aliphatic carboxylic acids is 2. The molecule has 4 heteroatoms. The van der Waals surface area contributed by atoms with Gasteiger partial charge in [0.15, 0.2) is 0 Å². The predicted molar refractivity (Wildman–Crippen MR) is 49.7 cm³/mol. The first kappa shape index (κ1) is 9.98. The molecule has 0 unspecified atom stereocenters. The largest absolute Gasteiger partial charge is 0.478 e. The summed E-state index contributed by atoms with van der Waals surface area (Å²) in [7, 11) is 0. The molecule has 0 aromatic rings. The van der Waals surface area contributed by atoms with E-state index in [0.717, 1.165) is 0 Å². The molecular weight excluding hydrogens is 184 g/mol. The van der Waals surface area contributed by atoms with Crippen molar-refractivity contribution in [1.29, 1.82) is 0 Å². The highest BCUT2D eigenvalue weighted by Crippen LogP contribution is 2.12. The first-order valence-electron chi connectivity index (χ1n) is 3.85. The number of carboxylic acids is 2. The highest BCUT2D eigenvalue weighted by atomic mass is 16.4. The van der Waals surface area contributed by atoms with Crippen LogP contribution in [0.2, 0.25) is 0 Å². The van der Waals surface area contributed by atoms with E-state index in [2.05, 4.69) is 0 Å². The van der Waals surface area contributed by atoms with Crippen LogP contribution >= 0.6 is 0 Å². The van der Waals surface area contributed by atoms with E-state index in [1.807, 2.05) is 0 Å². The van der Waals surface area contributed by atoms with Crippen LogP contribution in [-0.2, 0) is 9.59 Å². The maximum absolute atomic E-state index is 10.7. The first-order valence-corrected chi connectivity index (χ1v) is 3.85. The molecule has 0 bridgehead atoms. The molecule has 0 aromatic carbocycles. The van der Waals surface area contributed by atoms with Gasteiger partial charge in [-0.05, 0) is 12.2 Å². The van der Waals surface area contributed by atoms with Gasteiger partial charge in [0.05, 0.1) is 11.1 Å². The van der Waals surface area contributed by atoms with Gasteiger partial charge in [0.2, 0.25) is 0 Å². The zero-order valence-electron chi connectivity index (χ0n) is 7.18. The Morgan fingerprint density at radius 2 is 1.14 bits per heavy atom. The van der Waals surface area contributed by atoms with E-state index in [4.69, 9.17) is 10.2 Å². The van der Waals surface area contributed by atoms with Crippen LogP contribution in [0.3, 0.4) is 0 Å². The second kappa shape index (κ2) is 4.23. The highest BCUT2D eigenvalue weighted by Gasteiger charge is 2.18. The average Bonchev–Trinajstić information content (AvgIpc) is 2.01. The molecule has 0 fully saturated rings. The lowest BCUT2D eigenvalue weighted by molar-refractivity contribution is -0.136. The van der Waals surface area contributed by atoms with Crippen LogP contribution in [0.15, 0.2) is 47.6 Å². The molecule has 2 N–H and O–H groups in total. The minimum atomic E-state index is -1.25. The molecule has 0 aromatic heterocycles. The minimum absolute atomic E-state index is 0.224. The van der Waals surface area contributed by atoms with Gasteiger partial charge in [-0.2, -0.15) is 0 Å². The average molecular weight is 192 g/mol. The van der Waals surface area contributed by atoms with Crippen molar-refractivity contribution in [1.82, 2.24) is 0 Å². The standard InChI is InChI=1S/C10H8O4/c11-9(12)7-5-3-1-2-4-6-8(7)10(13)14/h1-6H,(H,11,12)(H,13,14)/b2-1?,3-1-,4-2-,5-3?,6-4?,7-5?,8-6?,8-7?. The number of hydrogen-bond acceptors (Lipinski definition) is 2. The second-order valence-corrected chi connectivity index (χ2v) is 2.54. The lowest BCUT2D eigenvalue weighted by Crippen LogP contribution is -2.11. The van der Waals surface area contributed by atoms with E-state index in [1.165, 1.54) is 24.3 Å². The third-order valence-corrected chi connectivity index (χ3v) is 1.61. The van der Waals surface area contributed by atoms with E-state index < -0.39 is 11.9 Å². The third-order valence-electron chi connectivity index (χ3n) is 1.61. The third kappa shape index (κ3) is 2.20. The smallest absolute Gasteiger partial charge is 0.336 e. The van der Waals surface area contributed by atoms with Crippen LogP contribution in [0, 0.1) is 0 Å². The summed E-state index contributed by atoms with van der Waals surface area (Å²) in [5, 5.41) is 17.5. The monoisotopic (exact) mass is 192 g/mol. The van der Waals surface area contributed by atoms with Gasteiger partial charge < -0.3 is 10.2 Å². The summed E-state index contributed by atoms with van der Waals surface area (Å²) in [6.07, 6.45) is 8.72. The van der Waals surface area contributed by atoms with Crippen molar-refractivity contribution < 1.29 is 19.8 Å². The van der Waals surface area contributed by atoms with E-state index in [1.54, 1.807) is 12.2 Å². The number of hydrogen-bond donors (Lipinski definition) is 2. The summed E-state index contributed by atoms with van der Waals surface area (Å²) in [5.41, 5.74) is -0.448. The van der Waals surface area contributed by atoms with Crippen molar-refractivity contribution in [2.24, 2.45) is 0 Å². The Hall–Kier alpha value is -2.10. The Morgan fingerprint density at radius 1 is 0.786 bits per heavy atom. The van der Waals surface area contributed by atoms with Gasteiger partial charge in [0.1, 0.15) is 0 Å². The fraction of sp³-hybridized carbons (Fsp3) is 0. The number of allylic oxidation sites excluding steroid dienone is 6. The zero-order chi connectivity index (χ0) is 10.6. The van der Waals surface area contributed by atoms with Gasteiger partial charge in [-0.3, -0.25) is 0 Å². The van der Waals surface area contributed by atoms with Crippen LogP contribution in [0.1, 0.15) is 0 Å². The summed E-state index contributed by atoms with van der Waals surface area (Å²) in [6, 6.07) is 0. The number of carbonyl (C=O) groups is 2. The van der Waals surface area contributed by atoms with Gasteiger partial charge >= 0.3 is 11.9 Å². The molecular formula is C10H8O4. The highest BCUT2D eigenvalue weighted by molar-refractivity contribution is 6.06. The van der Waals surface area contributed by atoms with Crippen molar-refractivity contribution in [3.8, 4) is 0 Å². The zero-order valence-corrected chi connectivity index (χ0v) is 7.18. The normalized spacial score (nSPS) is 19.7. The SMILES string of the molecule is O=C(O)C1=C/C=C\C=C/C=C1C(=O)O. The summed E-state index contributed by atoms with van der Waals surface area (Å²) in [4.78, 5) is 21.4. The molecule has 0 saturated carbocycles. The van der Waals surface area contributed by atoms with Crippen molar-refractivity contribution >= 4 is 11.9 Å². The van der Waals surface area contributed by atoms with Crippen LogP contribution < -0.4 is 0 Å². The van der Waals surface area contributed by atoms with Crippen molar-refractivity contribution in [2.75, 3.05) is 0 Å². The van der Waals surface area contributed by atoms with E-state index in [0.29, 0.717) is 0 Å². The molecule has 0 atom stereocenters. The topological polar surface area (TPSA) is 74.6 Å². The lowest BCUT2D eigenvalue weighted by atomic mass is 10.0. The Balaban J connectivity index is 3.19. The molecule has 0 amide bonds. The maximum atomic E-state index is 10.7. The molecule has 0 aliphatic heterocycles. The molecule has 0 heterocycles. The van der Waals surface area contributed by atoms with E-state index in [-0.39, 0.29) is 11.1 Å².